The van der Waals surface area contributed by atoms with E-state index in [9.17, 15) is 5.11 Å². The number of hydrogen-bond donors (Lipinski definition) is 2. The molecule has 2 N–H and O–H groups in total. The van der Waals surface area contributed by atoms with Crippen molar-refractivity contribution in [3.63, 3.8) is 0 Å². The smallest absolute Gasteiger partial charge is 0.172 e. The van der Waals surface area contributed by atoms with Gasteiger partial charge in [-0.2, -0.15) is 9.61 Å². The van der Waals surface area contributed by atoms with Crippen LogP contribution in [0.25, 0.3) is 16.9 Å². The van der Waals surface area contributed by atoms with Crippen molar-refractivity contribution in [3.05, 3.63) is 41.0 Å². The number of anilines is 1. The van der Waals surface area contributed by atoms with E-state index in [4.69, 9.17) is 0 Å². The van der Waals surface area contributed by atoms with Crippen LogP contribution in [0.2, 0.25) is 0 Å². The van der Waals surface area contributed by atoms with Gasteiger partial charge in [-0.3, -0.25) is 0 Å². The monoisotopic (exact) mass is 360 g/mol. The van der Waals surface area contributed by atoms with E-state index in [1.54, 1.807) is 22.8 Å². The summed E-state index contributed by atoms with van der Waals surface area (Å²) in [6, 6.07) is 9.12. The lowest BCUT2D eigenvalue weighted by Gasteiger charge is -2.11. The van der Waals surface area contributed by atoms with Gasteiger partial charge in [-0.15, -0.1) is 0 Å². The third-order valence-electron chi connectivity index (χ3n) is 3.45. The van der Waals surface area contributed by atoms with Crippen LogP contribution in [-0.4, -0.2) is 26.2 Å². The number of nitrogens with zero attached hydrogens (tertiary/aromatic N) is 3. The number of fused-ring (bicyclic) bond motifs is 1. The second-order valence-electron chi connectivity index (χ2n) is 5.05. The molecule has 0 aliphatic heterocycles. The maximum atomic E-state index is 10.1. The molecular weight excluding hydrogens is 344 g/mol. The van der Waals surface area contributed by atoms with Gasteiger partial charge in [0.2, 0.25) is 0 Å². The van der Waals surface area contributed by atoms with Crippen molar-refractivity contribution in [1.29, 1.82) is 0 Å². The zero-order valence-electron chi connectivity index (χ0n) is 12.3. The summed E-state index contributed by atoms with van der Waals surface area (Å²) in [6.45, 7) is 3.02. The van der Waals surface area contributed by atoms with Crippen LogP contribution in [0.1, 0.15) is 19.8 Å². The molecule has 0 radical (unpaired) electrons. The van der Waals surface area contributed by atoms with E-state index in [-0.39, 0.29) is 5.75 Å². The van der Waals surface area contributed by atoms with Crippen molar-refractivity contribution in [1.82, 2.24) is 14.6 Å². The van der Waals surface area contributed by atoms with Crippen LogP contribution >= 0.6 is 15.9 Å². The Hall–Kier alpha value is -2.08. The van der Waals surface area contributed by atoms with E-state index in [2.05, 4.69) is 38.3 Å². The van der Waals surface area contributed by atoms with Crippen molar-refractivity contribution < 1.29 is 5.11 Å². The largest absolute Gasteiger partial charge is 0.507 e. The lowest BCUT2D eigenvalue weighted by molar-refractivity contribution is 0.477. The van der Waals surface area contributed by atoms with Crippen LogP contribution in [0.3, 0.4) is 0 Å². The van der Waals surface area contributed by atoms with Crippen molar-refractivity contribution >= 4 is 27.4 Å². The molecule has 0 atom stereocenters. The van der Waals surface area contributed by atoms with Gasteiger partial charge >= 0.3 is 0 Å². The number of rotatable bonds is 5. The van der Waals surface area contributed by atoms with E-state index in [0.29, 0.717) is 11.3 Å². The fourth-order valence-electron chi connectivity index (χ4n) is 2.28. The Morgan fingerprint density at radius 2 is 2.14 bits per heavy atom. The van der Waals surface area contributed by atoms with E-state index in [1.165, 1.54) is 0 Å². The third kappa shape index (κ3) is 2.78. The number of hydrogen-bond acceptors (Lipinski definition) is 4. The standard InChI is InChI=1S/C16H17BrN4O/c1-2-3-8-18-15-9-13(11-6-4-5-7-14(11)22)20-16-12(17)10-19-21(15)16/h4-7,9-10,18,22H,2-3,8H2,1H3. The molecular formula is C16H17BrN4O. The maximum absolute atomic E-state index is 10.1. The Balaban J connectivity index is 2.11. The lowest BCUT2D eigenvalue weighted by Crippen LogP contribution is -2.07. The molecule has 114 valence electrons. The van der Waals surface area contributed by atoms with Gasteiger partial charge in [0.25, 0.3) is 0 Å². The summed E-state index contributed by atoms with van der Waals surface area (Å²) in [5.74, 6) is 1.08. The lowest BCUT2D eigenvalue weighted by atomic mass is 10.1. The first-order valence-corrected chi connectivity index (χ1v) is 8.06. The molecule has 0 unspecified atom stereocenters. The van der Waals surface area contributed by atoms with Crippen LogP contribution in [0.15, 0.2) is 41.0 Å². The van der Waals surface area contributed by atoms with Gasteiger partial charge in [-0.05, 0) is 34.5 Å². The van der Waals surface area contributed by atoms with E-state index < -0.39 is 0 Å². The zero-order chi connectivity index (χ0) is 15.5. The van der Waals surface area contributed by atoms with Crippen LogP contribution in [0.5, 0.6) is 5.75 Å². The number of para-hydroxylation sites is 1. The van der Waals surface area contributed by atoms with E-state index in [1.807, 2.05) is 18.2 Å². The van der Waals surface area contributed by atoms with Gasteiger partial charge in [0, 0.05) is 18.2 Å². The highest BCUT2D eigenvalue weighted by atomic mass is 79.9. The summed E-state index contributed by atoms with van der Waals surface area (Å²) in [4.78, 5) is 4.61. The van der Waals surface area contributed by atoms with Gasteiger partial charge in [0.15, 0.2) is 5.65 Å². The van der Waals surface area contributed by atoms with Gasteiger partial charge < -0.3 is 10.4 Å². The van der Waals surface area contributed by atoms with Crippen molar-refractivity contribution in [2.45, 2.75) is 19.8 Å². The first-order chi connectivity index (χ1) is 10.7. The normalized spacial score (nSPS) is 11.0. The summed E-state index contributed by atoms with van der Waals surface area (Å²) < 4.78 is 2.59. The molecule has 1 aromatic carbocycles. The average Bonchev–Trinajstić information content (AvgIpc) is 2.90. The minimum Gasteiger partial charge on any atom is -0.507 e. The Morgan fingerprint density at radius 1 is 1.32 bits per heavy atom. The van der Waals surface area contributed by atoms with E-state index >= 15 is 0 Å². The SMILES string of the molecule is CCCCNc1cc(-c2ccccc2O)nc2c(Br)cnn12. The highest BCUT2D eigenvalue weighted by molar-refractivity contribution is 9.10. The predicted molar refractivity (Wildman–Crippen MR) is 91.2 cm³/mol. The second-order valence-corrected chi connectivity index (χ2v) is 5.91. The summed E-state index contributed by atoms with van der Waals surface area (Å²) in [5, 5.41) is 17.8. The molecule has 5 nitrogen and oxygen atoms in total. The second kappa shape index (κ2) is 6.36. The predicted octanol–water partition coefficient (Wildman–Crippen LogP) is 4.08. The molecule has 0 amide bonds. The van der Waals surface area contributed by atoms with Crippen LogP contribution in [0.4, 0.5) is 5.82 Å². The molecule has 0 aliphatic rings. The molecule has 0 saturated carbocycles. The number of unbranched alkanes of at least 4 members (excludes halogenated alkanes) is 1. The Kier molecular flexibility index (Phi) is 4.29. The minimum absolute atomic E-state index is 0.217. The summed E-state index contributed by atoms with van der Waals surface area (Å²) in [6.07, 6.45) is 3.93. The summed E-state index contributed by atoms with van der Waals surface area (Å²) >= 11 is 3.47. The first-order valence-electron chi connectivity index (χ1n) is 7.27. The number of aromatic hydroxyl groups is 1. The molecule has 2 aromatic heterocycles. The van der Waals surface area contributed by atoms with Gasteiger partial charge in [0.1, 0.15) is 11.6 Å². The Labute approximate surface area is 137 Å². The fraction of sp³-hybridized carbons (Fsp3) is 0.250. The molecule has 0 fully saturated rings. The Bertz CT molecular complexity index is 800. The van der Waals surface area contributed by atoms with Gasteiger partial charge in [-0.1, -0.05) is 25.5 Å². The molecule has 2 heterocycles. The molecule has 0 saturated heterocycles. The quantitative estimate of drug-likeness (QED) is 0.673. The molecule has 6 heteroatoms. The highest BCUT2D eigenvalue weighted by Crippen LogP contribution is 2.30. The minimum atomic E-state index is 0.217. The number of benzene rings is 1. The fourth-order valence-corrected chi connectivity index (χ4v) is 2.63. The molecule has 3 rings (SSSR count). The van der Waals surface area contributed by atoms with Crippen LogP contribution < -0.4 is 5.32 Å². The molecule has 0 aliphatic carbocycles. The number of halogens is 1. The Morgan fingerprint density at radius 3 is 2.91 bits per heavy atom. The molecule has 22 heavy (non-hydrogen) atoms. The van der Waals surface area contributed by atoms with E-state index in [0.717, 1.165) is 35.3 Å². The topological polar surface area (TPSA) is 62.5 Å². The molecule has 3 aromatic rings. The number of phenols is 1. The first kappa shape index (κ1) is 14.8. The molecule has 0 bridgehead atoms. The van der Waals surface area contributed by atoms with Gasteiger partial charge in [0.05, 0.1) is 16.4 Å². The molecule has 0 spiro atoms. The van der Waals surface area contributed by atoms with Crippen molar-refractivity contribution in [3.8, 4) is 17.0 Å². The number of aromatic nitrogens is 3. The zero-order valence-corrected chi connectivity index (χ0v) is 13.8. The summed E-state index contributed by atoms with van der Waals surface area (Å²) in [5.41, 5.74) is 2.14. The average molecular weight is 361 g/mol. The van der Waals surface area contributed by atoms with Crippen LogP contribution in [0, 0.1) is 0 Å². The number of nitrogens with one attached hydrogen (secondary N) is 1. The third-order valence-corrected chi connectivity index (χ3v) is 4.00. The highest BCUT2D eigenvalue weighted by Gasteiger charge is 2.13. The van der Waals surface area contributed by atoms with Crippen LogP contribution in [-0.2, 0) is 0 Å². The number of phenolic OH excluding ortho intramolecular Hbond substituents is 1. The maximum Gasteiger partial charge on any atom is 0.172 e. The van der Waals surface area contributed by atoms with Gasteiger partial charge in [-0.25, -0.2) is 4.98 Å². The van der Waals surface area contributed by atoms with Crippen molar-refractivity contribution in [2.75, 3.05) is 11.9 Å². The van der Waals surface area contributed by atoms with Crippen molar-refractivity contribution in [2.24, 2.45) is 0 Å². The summed E-state index contributed by atoms with van der Waals surface area (Å²) in [7, 11) is 0.